The topological polar surface area (TPSA) is 59.4 Å². The first-order valence-electron chi connectivity index (χ1n) is 9.17. The molecule has 0 saturated heterocycles. The maximum atomic E-state index is 14.2. The number of rotatable bonds is 5. The summed E-state index contributed by atoms with van der Waals surface area (Å²) < 4.78 is 21.6. The number of carbonyl (C=O) groups excluding carboxylic acids is 1. The van der Waals surface area contributed by atoms with Crippen LogP contribution in [0.2, 0.25) is 0 Å². The molecule has 1 aromatic carbocycles. The van der Waals surface area contributed by atoms with Crippen molar-refractivity contribution in [3.05, 3.63) is 52.1 Å². The lowest BCUT2D eigenvalue weighted by molar-refractivity contribution is -0.00710. The van der Waals surface area contributed by atoms with Gasteiger partial charge >= 0.3 is 0 Å². The fourth-order valence-electron chi connectivity index (χ4n) is 3.58. The minimum atomic E-state index is -0.256. The van der Waals surface area contributed by atoms with Crippen LogP contribution in [0.15, 0.2) is 18.2 Å². The SMILES string of the molecule is C[C@@H]1Cc2c(nn(C)c2C(=O)NCc2ccc(CN(C)C)c(F)c2)[C@H](C)O1. The molecule has 3 rings (SSSR count). The summed E-state index contributed by atoms with van der Waals surface area (Å²) in [6, 6.07) is 5.10. The Morgan fingerprint density at radius 1 is 1.41 bits per heavy atom. The Morgan fingerprint density at radius 2 is 2.15 bits per heavy atom. The van der Waals surface area contributed by atoms with Crippen molar-refractivity contribution in [2.24, 2.45) is 7.05 Å². The van der Waals surface area contributed by atoms with Gasteiger partial charge in [-0.1, -0.05) is 12.1 Å². The van der Waals surface area contributed by atoms with Crippen molar-refractivity contribution in [1.82, 2.24) is 20.0 Å². The number of hydrogen-bond acceptors (Lipinski definition) is 4. The van der Waals surface area contributed by atoms with Gasteiger partial charge in [0.15, 0.2) is 0 Å². The fraction of sp³-hybridized carbons (Fsp3) is 0.500. The zero-order valence-corrected chi connectivity index (χ0v) is 16.5. The average Bonchev–Trinajstić information content (AvgIpc) is 2.91. The maximum absolute atomic E-state index is 14.2. The third-order valence-electron chi connectivity index (χ3n) is 4.76. The van der Waals surface area contributed by atoms with Crippen molar-refractivity contribution in [2.45, 2.75) is 45.6 Å². The van der Waals surface area contributed by atoms with Crippen LogP contribution in [0.5, 0.6) is 0 Å². The van der Waals surface area contributed by atoms with Crippen molar-refractivity contribution in [3.63, 3.8) is 0 Å². The molecule has 1 aliphatic heterocycles. The van der Waals surface area contributed by atoms with Crippen LogP contribution in [-0.4, -0.2) is 40.8 Å². The van der Waals surface area contributed by atoms with Gasteiger partial charge in [-0.05, 0) is 39.6 Å². The summed E-state index contributed by atoms with van der Waals surface area (Å²) in [7, 11) is 5.56. The highest BCUT2D eigenvalue weighted by Crippen LogP contribution is 2.31. The largest absolute Gasteiger partial charge is 0.369 e. The molecule has 2 aromatic rings. The van der Waals surface area contributed by atoms with E-state index in [2.05, 4.69) is 10.4 Å². The standard InChI is InChI=1S/C20H27FN4O2/c1-12-8-16-18(13(2)27-12)23-25(5)19(16)20(26)22-10-14-6-7-15(11-24(3)4)17(21)9-14/h6-7,9,12-13H,8,10-11H2,1-5H3,(H,22,26)/t12-,13+/m1/s1. The van der Waals surface area contributed by atoms with Crippen LogP contribution in [0, 0.1) is 5.82 Å². The summed E-state index contributed by atoms with van der Waals surface area (Å²) in [5, 5.41) is 7.35. The number of amides is 1. The normalized spacial score (nSPS) is 19.2. The molecule has 1 aromatic heterocycles. The molecule has 2 heterocycles. The second-order valence-electron chi connectivity index (χ2n) is 7.48. The summed E-state index contributed by atoms with van der Waals surface area (Å²) in [6.07, 6.45) is 0.570. The molecule has 27 heavy (non-hydrogen) atoms. The van der Waals surface area contributed by atoms with Gasteiger partial charge < -0.3 is 15.0 Å². The Labute approximate surface area is 159 Å². The maximum Gasteiger partial charge on any atom is 0.270 e. The second kappa shape index (κ2) is 7.78. The zero-order chi connectivity index (χ0) is 19.7. The average molecular weight is 374 g/mol. The van der Waals surface area contributed by atoms with E-state index in [1.165, 1.54) is 6.07 Å². The lowest BCUT2D eigenvalue weighted by atomic mass is 9.99. The molecule has 0 aliphatic carbocycles. The predicted molar refractivity (Wildman–Crippen MR) is 101 cm³/mol. The second-order valence-corrected chi connectivity index (χ2v) is 7.48. The summed E-state index contributed by atoms with van der Waals surface area (Å²) in [4.78, 5) is 14.7. The van der Waals surface area contributed by atoms with Gasteiger partial charge in [-0.25, -0.2) is 4.39 Å². The van der Waals surface area contributed by atoms with E-state index in [-0.39, 0.29) is 30.5 Å². The highest BCUT2D eigenvalue weighted by atomic mass is 19.1. The highest BCUT2D eigenvalue weighted by molar-refractivity contribution is 5.94. The van der Waals surface area contributed by atoms with Crippen molar-refractivity contribution < 1.29 is 13.9 Å². The number of ether oxygens (including phenoxy) is 1. The number of nitrogens with one attached hydrogen (secondary N) is 1. The summed E-state index contributed by atoms with van der Waals surface area (Å²) >= 11 is 0. The number of benzene rings is 1. The van der Waals surface area contributed by atoms with Crippen molar-refractivity contribution in [1.29, 1.82) is 0 Å². The van der Waals surface area contributed by atoms with Crippen LogP contribution >= 0.6 is 0 Å². The number of halogens is 1. The van der Waals surface area contributed by atoms with Crippen LogP contribution in [0.25, 0.3) is 0 Å². The van der Waals surface area contributed by atoms with E-state index in [1.807, 2.05) is 38.9 Å². The Bertz CT molecular complexity index is 847. The van der Waals surface area contributed by atoms with Crippen molar-refractivity contribution in [3.8, 4) is 0 Å². The van der Waals surface area contributed by atoms with Crippen LogP contribution in [0.4, 0.5) is 4.39 Å². The molecule has 1 N–H and O–H groups in total. The molecule has 1 amide bonds. The van der Waals surface area contributed by atoms with Gasteiger partial charge in [-0.15, -0.1) is 0 Å². The van der Waals surface area contributed by atoms with Crippen LogP contribution in [0.3, 0.4) is 0 Å². The van der Waals surface area contributed by atoms with Gasteiger partial charge in [-0.3, -0.25) is 9.48 Å². The molecule has 6 nitrogen and oxygen atoms in total. The highest BCUT2D eigenvalue weighted by Gasteiger charge is 2.31. The lowest BCUT2D eigenvalue weighted by Gasteiger charge is -2.24. The van der Waals surface area contributed by atoms with Gasteiger partial charge in [-0.2, -0.15) is 5.10 Å². The van der Waals surface area contributed by atoms with E-state index in [9.17, 15) is 9.18 Å². The Balaban J connectivity index is 1.73. The van der Waals surface area contributed by atoms with E-state index < -0.39 is 0 Å². The lowest BCUT2D eigenvalue weighted by Crippen LogP contribution is -2.28. The van der Waals surface area contributed by atoms with Crippen LogP contribution < -0.4 is 5.32 Å². The van der Waals surface area contributed by atoms with E-state index in [0.717, 1.165) is 16.8 Å². The quantitative estimate of drug-likeness (QED) is 0.874. The van der Waals surface area contributed by atoms with E-state index >= 15 is 0 Å². The third-order valence-corrected chi connectivity index (χ3v) is 4.76. The predicted octanol–water partition coefficient (Wildman–Crippen LogP) is 2.57. The first-order valence-corrected chi connectivity index (χ1v) is 9.17. The Hall–Kier alpha value is -2.25. The number of aromatic nitrogens is 2. The molecule has 1 aliphatic rings. The number of aryl methyl sites for hydroxylation is 1. The minimum absolute atomic E-state index is 0.0431. The molecule has 146 valence electrons. The first kappa shape index (κ1) is 19.5. The molecule has 0 bridgehead atoms. The molecule has 0 saturated carbocycles. The molecule has 0 spiro atoms. The first-order chi connectivity index (χ1) is 12.8. The van der Waals surface area contributed by atoms with Crippen LogP contribution in [-0.2, 0) is 31.3 Å². The molecule has 0 radical (unpaired) electrons. The van der Waals surface area contributed by atoms with E-state index in [1.54, 1.807) is 17.8 Å². The van der Waals surface area contributed by atoms with Gasteiger partial charge in [0.25, 0.3) is 5.91 Å². The van der Waals surface area contributed by atoms with Gasteiger partial charge in [0.05, 0.1) is 17.9 Å². The van der Waals surface area contributed by atoms with Gasteiger partial charge in [0.1, 0.15) is 11.5 Å². The number of fused-ring (bicyclic) bond motifs is 1. The van der Waals surface area contributed by atoms with E-state index in [0.29, 0.717) is 24.2 Å². The molecular weight excluding hydrogens is 347 g/mol. The van der Waals surface area contributed by atoms with Crippen molar-refractivity contribution in [2.75, 3.05) is 14.1 Å². The minimum Gasteiger partial charge on any atom is -0.369 e. The Kier molecular flexibility index (Phi) is 5.62. The number of hydrogen-bond donors (Lipinski definition) is 1. The summed E-state index contributed by atoms with van der Waals surface area (Å²) in [5.41, 5.74) is 3.67. The summed E-state index contributed by atoms with van der Waals surface area (Å²) in [6.45, 7) is 4.74. The molecular formula is C20H27FN4O2. The molecule has 2 atom stereocenters. The van der Waals surface area contributed by atoms with Gasteiger partial charge in [0, 0.05) is 37.7 Å². The molecule has 7 heteroatoms. The monoisotopic (exact) mass is 374 g/mol. The molecule has 0 fully saturated rings. The smallest absolute Gasteiger partial charge is 0.270 e. The van der Waals surface area contributed by atoms with Gasteiger partial charge in [0.2, 0.25) is 0 Å². The van der Waals surface area contributed by atoms with Crippen molar-refractivity contribution >= 4 is 5.91 Å². The van der Waals surface area contributed by atoms with Crippen LogP contribution in [0.1, 0.15) is 52.8 Å². The Morgan fingerprint density at radius 3 is 2.81 bits per heavy atom. The number of nitrogens with zero attached hydrogens (tertiary/aromatic N) is 3. The zero-order valence-electron chi connectivity index (χ0n) is 16.5. The third kappa shape index (κ3) is 4.20. The molecule has 0 unspecified atom stereocenters. The number of carbonyl (C=O) groups is 1. The fourth-order valence-corrected chi connectivity index (χ4v) is 3.58. The summed E-state index contributed by atoms with van der Waals surface area (Å²) in [5.74, 6) is -0.460. The van der Waals surface area contributed by atoms with E-state index in [4.69, 9.17) is 4.74 Å².